The van der Waals surface area contributed by atoms with E-state index in [-0.39, 0.29) is 0 Å². The van der Waals surface area contributed by atoms with E-state index in [9.17, 15) is 0 Å². The highest BCUT2D eigenvalue weighted by Gasteiger charge is 2.26. The molecule has 23 heavy (non-hydrogen) atoms. The molecule has 0 radical (unpaired) electrons. The standard InChI is InChI=1S/C17H17BrN4O/c1-11-14-7-8-21(10-12-3-5-13(23-2)6-4-12)17(14)22-16(20-11)15(18)9-19-22/h3-6,9H,7-8,10H2,1-2H3. The van der Waals surface area contributed by atoms with Crippen LogP contribution in [0.3, 0.4) is 0 Å². The zero-order chi connectivity index (χ0) is 16.0. The van der Waals surface area contributed by atoms with Crippen molar-refractivity contribution >= 4 is 27.4 Å². The molecule has 0 amide bonds. The molecule has 1 aliphatic heterocycles. The van der Waals surface area contributed by atoms with E-state index in [0.29, 0.717) is 0 Å². The van der Waals surface area contributed by atoms with Gasteiger partial charge in [-0.25, -0.2) is 4.98 Å². The van der Waals surface area contributed by atoms with E-state index in [1.807, 2.05) is 22.8 Å². The van der Waals surface area contributed by atoms with Gasteiger partial charge in [-0.3, -0.25) is 0 Å². The second-order valence-electron chi connectivity index (χ2n) is 5.75. The van der Waals surface area contributed by atoms with Crippen molar-refractivity contribution in [2.75, 3.05) is 18.6 Å². The molecular weight excluding hydrogens is 356 g/mol. The summed E-state index contributed by atoms with van der Waals surface area (Å²) in [6, 6.07) is 8.23. The molecule has 0 unspecified atom stereocenters. The van der Waals surface area contributed by atoms with Crippen LogP contribution in [0, 0.1) is 6.92 Å². The minimum Gasteiger partial charge on any atom is -0.497 e. The van der Waals surface area contributed by atoms with E-state index in [0.717, 1.165) is 46.9 Å². The zero-order valence-corrected chi connectivity index (χ0v) is 14.7. The predicted molar refractivity (Wildman–Crippen MR) is 93.2 cm³/mol. The van der Waals surface area contributed by atoms with E-state index in [1.54, 1.807) is 7.11 Å². The molecule has 0 saturated heterocycles. The van der Waals surface area contributed by atoms with Gasteiger partial charge in [-0.05, 0) is 47.0 Å². The van der Waals surface area contributed by atoms with E-state index < -0.39 is 0 Å². The summed E-state index contributed by atoms with van der Waals surface area (Å²) in [5.41, 5.74) is 4.52. The van der Waals surface area contributed by atoms with E-state index in [1.165, 1.54) is 11.1 Å². The van der Waals surface area contributed by atoms with Gasteiger partial charge in [0.05, 0.1) is 17.8 Å². The lowest BCUT2D eigenvalue weighted by molar-refractivity contribution is 0.414. The summed E-state index contributed by atoms with van der Waals surface area (Å²) in [4.78, 5) is 7.05. The van der Waals surface area contributed by atoms with Gasteiger partial charge in [0.1, 0.15) is 11.6 Å². The molecule has 4 rings (SSSR count). The van der Waals surface area contributed by atoms with Crippen molar-refractivity contribution in [1.29, 1.82) is 0 Å². The second-order valence-corrected chi connectivity index (χ2v) is 6.60. The van der Waals surface area contributed by atoms with Crippen LogP contribution in [0.15, 0.2) is 34.9 Å². The lowest BCUT2D eigenvalue weighted by Gasteiger charge is -2.20. The number of nitrogens with zero attached hydrogens (tertiary/aromatic N) is 4. The number of hydrogen-bond donors (Lipinski definition) is 0. The molecule has 0 aliphatic carbocycles. The Bertz CT molecular complexity index is 872. The Morgan fingerprint density at radius 1 is 1.26 bits per heavy atom. The molecule has 6 heteroatoms. The first-order chi connectivity index (χ1) is 11.2. The minimum atomic E-state index is 0.854. The SMILES string of the molecule is COc1ccc(CN2CCc3c(C)nc4c(Br)cnn4c32)cc1. The van der Waals surface area contributed by atoms with Crippen molar-refractivity contribution in [2.24, 2.45) is 0 Å². The summed E-state index contributed by atoms with van der Waals surface area (Å²) in [5, 5.41) is 4.50. The fraction of sp³-hybridized carbons (Fsp3) is 0.294. The van der Waals surface area contributed by atoms with Crippen LogP contribution in [-0.2, 0) is 13.0 Å². The van der Waals surface area contributed by atoms with Gasteiger partial charge >= 0.3 is 0 Å². The summed E-state index contributed by atoms with van der Waals surface area (Å²) in [6.45, 7) is 3.92. The molecule has 0 N–H and O–H groups in total. The van der Waals surface area contributed by atoms with Crippen LogP contribution in [-0.4, -0.2) is 28.3 Å². The molecule has 0 saturated carbocycles. The molecule has 118 valence electrons. The Morgan fingerprint density at radius 3 is 2.78 bits per heavy atom. The molecule has 0 spiro atoms. The summed E-state index contributed by atoms with van der Waals surface area (Å²) in [7, 11) is 1.69. The number of hydrogen-bond acceptors (Lipinski definition) is 4. The molecule has 0 bridgehead atoms. The Kier molecular flexibility index (Phi) is 3.49. The Labute approximate surface area is 143 Å². The monoisotopic (exact) mass is 372 g/mol. The van der Waals surface area contributed by atoms with Crippen LogP contribution >= 0.6 is 15.9 Å². The van der Waals surface area contributed by atoms with Crippen LogP contribution < -0.4 is 9.64 Å². The predicted octanol–water partition coefficient (Wildman–Crippen LogP) is 3.37. The van der Waals surface area contributed by atoms with E-state index in [2.05, 4.69) is 50.0 Å². The van der Waals surface area contributed by atoms with E-state index >= 15 is 0 Å². The van der Waals surface area contributed by atoms with Gasteiger partial charge in [0.25, 0.3) is 0 Å². The number of ether oxygens (including phenoxy) is 1. The quantitative estimate of drug-likeness (QED) is 0.706. The number of halogens is 1. The largest absolute Gasteiger partial charge is 0.497 e. The van der Waals surface area contributed by atoms with E-state index in [4.69, 9.17) is 4.74 Å². The van der Waals surface area contributed by atoms with Crippen molar-refractivity contribution in [3.8, 4) is 5.75 Å². The number of fused-ring (bicyclic) bond motifs is 3. The Balaban J connectivity index is 1.74. The fourth-order valence-electron chi connectivity index (χ4n) is 3.17. The van der Waals surface area contributed by atoms with Crippen LogP contribution in [0.4, 0.5) is 5.82 Å². The third-order valence-electron chi connectivity index (χ3n) is 4.35. The molecule has 3 heterocycles. The molecule has 1 aromatic carbocycles. The molecule has 0 fully saturated rings. The lowest BCUT2D eigenvalue weighted by atomic mass is 10.2. The summed E-state index contributed by atoms with van der Waals surface area (Å²) in [5.74, 6) is 2.04. The maximum Gasteiger partial charge on any atom is 0.171 e. The van der Waals surface area contributed by atoms with Crippen molar-refractivity contribution in [3.05, 3.63) is 51.8 Å². The first-order valence-electron chi connectivity index (χ1n) is 7.58. The van der Waals surface area contributed by atoms with Crippen LogP contribution in [0.5, 0.6) is 5.75 Å². The molecule has 3 aromatic rings. The molecule has 5 nitrogen and oxygen atoms in total. The lowest BCUT2D eigenvalue weighted by Crippen LogP contribution is -2.22. The maximum absolute atomic E-state index is 5.23. The normalized spacial score (nSPS) is 13.6. The van der Waals surface area contributed by atoms with Crippen molar-refractivity contribution in [1.82, 2.24) is 14.6 Å². The second kappa shape index (κ2) is 5.53. The number of aryl methyl sites for hydroxylation is 1. The molecule has 0 atom stereocenters. The fourth-order valence-corrected chi connectivity index (χ4v) is 3.52. The summed E-state index contributed by atoms with van der Waals surface area (Å²) < 4.78 is 8.11. The van der Waals surface area contributed by atoms with Gasteiger partial charge in [0.2, 0.25) is 0 Å². The highest BCUT2D eigenvalue weighted by Crippen LogP contribution is 2.33. The number of anilines is 1. The number of aromatic nitrogens is 3. The smallest absolute Gasteiger partial charge is 0.171 e. The van der Waals surface area contributed by atoms with Gasteiger partial charge in [0, 0.05) is 24.3 Å². The first-order valence-corrected chi connectivity index (χ1v) is 8.37. The third kappa shape index (κ3) is 2.37. The Hall–Kier alpha value is -2.08. The molecule has 2 aromatic heterocycles. The van der Waals surface area contributed by atoms with Crippen molar-refractivity contribution in [3.63, 3.8) is 0 Å². The Morgan fingerprint density at radius 2 is 2.04 bits per heavy atom. The van der Waals surface area contributed by atoms with Gasteiger partial charge in [0.15, 0.2) is 5.65 Å². The molecule has 1 aliphatic rings. The minimum absolute atomic E-state index is 0.854. The summed E-state index contributed by atoms with van der Waals surface area (Å²) >= 11 is 3.53. The average molecular weight is 373 g/mol. The van der Waals surface area contributed by atoms with Crippen LogP contribution in [0.2, 0.25) is 0 Å². The first kappa shape index (κ1) is 14.5. The average Bonchev–Trinajstić information content (AvgIpc) is 3.13. The number of methoxy groups -OCH3 is 1. The van der Waals surface area contributed by atoms with Crippen LogP contribution in [0.1, 0.15) is 16.8 Å². The van der Waals surface area contributed by atoms with Crippen LogP contribution in [0.25, 0.3) is 5.65 Å². The summed E-state index contributed by atoms with van der Waals surface area (Å²) in [6.07, 6.45) is 2.82. The topological polar surface area (TPSA) is 42.7 Å². The molecular formula is C17H17BrN4O. The zero-order valence-electron chi connectivity index (χ0n) is 13.1. The van der Waals surface area contributed by atoms with Gasteiger partial charge in [-0.1, -0.05) is 12.1 Å². The van der Waals surface area contributed by atoms with Gasteiger partial charge in [-0.15, -0.1) is 0 Å². The number of benzene rings is 1. The van der Waals surface area contributed by atoms with Gasteiger partial charge < -0.3 is 9.64 Å². The highest BCUT2D eigenvalue weighted by atomic mass is 79.9. The highest BCUT2D eigenvalue weighted by molar-refractivity contribution is 9.10. The van der Waals surface area contributed by atoms with Gasteiger partial charge in [-0.2, -0.15) is 9.61 Å². The maximum atomic E-state index is 5.23. The van der Waals surface area contributed by atoms with Crippen molar-refractivity contribution < 1.29 is 4.74 Å². The third-order valence-corrected chi connectivity index (χ3v) is 4.90. The number of rotatable bonds is 3. The van der Waals surface area contributed by atoms with Crippen molar-refractivity contribution in [2.45, 2.75) is 19.9 Å².